The van der Waals surface area contributed by atoms with E-state index in [9.17, 15) is 18.0 Å². The lowest BCUT2D eigenvalue weighted by Crippen LogP contribution is -2.40. The Morgan fingerprint density at radius 2 is 2.05 bits per heavy atom. The summed E-state index contributed by atoms with van der Waals surface area (Å²) in [6.45, 7) is 0.262. The summed E-state index contributed by atoms with van der Waals surface area (Å²) in [6.07, 6.45) is -4.34. The molecule has 0 spiro atoms. The molecule has 1 aromatic rings. The molecule has 7 heteroatoms. The van der Waals surface area contributed by atoms with Gasteiger partial charge in [-0.3, -0.25) is 10.1 Å². The average molecular weight is 275 g/mol. The Labute approximate surface area is 107 Å². The lowest BCUT2D eigenvalue weighted by molar-refractivity contribution is -0.125. The van der Waals surface area contributed by atoms with Crippen molar-refractivity contribution >= 4 is 5.78 Å². The number of hydrogen-bond donors (Lipinski definition) is 1. The van der Waals surface area contributed by atoms with Gasteiger partial charge in [0.1, 0.15) is 0 Å². The molecule has 0 saturated heterocycles. The molecule has 1 N–H and O–H groups in total. The van der Waals surface area contributed by atoms with Crippen LogP contribution in [0.2, 0.25) is 0 Å². The monoisotopic (exact) mass is 275 g/mol. The predicted octanol–water partition coefficient (Wildman–Crippen LogP) is 2.14. The fraction of sp³-hybridized carbons (Fsp3) is 0.417. The van der Waals surface area contributed by atoms with Gasteiger partial charge in [-0.15, -0.1) is 0 Å². The first-order valence-corrected chi connectivity index (χ1v) is 5.61. The molecule has 19 heavy (non-hydrogen) atoms. The molecule has 0 amide bonds. The summed E-state index contributed by atoms with van der Waals surface area (Å²) in [7, 11) is 0. The van der Waals surface area contributed by atoms with Crippen LogP contribution in [0.15, 0.2) is 18.2 Å². The standard InChI is InChI=1S/C12H12F3NO3/c1-7(16-5-12(13,14)15)11(17)8-2-3-9-10(4-8)19-6-18-9/h2-4,7,16H,5-6H2,1H3. The summed E-state index contributed by atoms with van der Waals surface area (Å²) in [5.41, 5.74) is 0.284. The molecule has 1 unspecified atom stereocenters. The molecule has 1 atom stereocenters. The second-order valence-electron chi connectivity index (χ2n) is 4.15. The minimum absolute atomic E-state index is 0.0782. The number of carbonyl (C=O) groups is 1. The van der Waals surface area contributed by atoms with Gasteiger partial charge in [0, 0.05) is 5.56 Å². The maximum atomic E-state index is 12.1. The highest BCUT2D eigenvalue weighted by Gasteiger charge is 2.29. The zero-order chi connectivity index (χ0) is 14.0. The summed E-state index contributed by atoms with van der Waals surface area (Å²) in [5.74, 6) is 0.517. The largest absolute Gasteiger partial charge is 0.454 e. The molecule has 1 heterocycles. The number of Topliss-reactive ketones (excluding diaryl/α,β-unsaturated/α-hetero) is 1. The number of halogens is 3. The topological polar surface area (TPSA) is 47.6 Å². The normalized spacial score (nSPS) is 15.4. The second-order valence-corrected chi connectivity index (χ2v) is 4.15. The van der Waals surface area contributed by atoms with Crippen LogP contribution < -0.4 is 14.8 Å². The van der Waals surface area contributed by atoms with Gasteiger partial charge >= 0.3 is 6.18 Å². The maximum Gasteiger partial charge on any atom is 0.401 e. The number of carbonyl (C=O) groups excluding carboxylic acids is 1. The van der Waals surface area contributed by atoms with Crippen LogP contribution in [0, 0.1) is 0 Å². The zero-order valence-corrected chi connectivity index (χ0v) is 10.1. The Kier molecular flexibility index (Phi) is 3.66. The van der Waals surface area contributed by atoms with Crippen molar-refractivity contribution in [2.45, 2.75) is 19.1 Å². The van der Waals surface area contributed by atoms with Crippen LogP contribution in [0.4, 0.5) is 13.2 Å². The Morgan fingerprint density at radius 3 is 2.74 bits per heavy atom. The van der Waals surface area contributed by atoms with Gasteiger partial charge in [-0.25, -0.2) is 0 Å². The lowest BCUT2D eigenvalue weighted by Gasteiger charge is -2.14. The summed E-state index contributed by atoms with van der Waals surface area (Å²) in [6, 6.07) is 3.60. The van der Waals surface area contributed by atoms with Crippen molar-refractivity contribution in [3.05, 3.63) is 23.8 Å². The van der Waals surface area contributed by atoms with E-state index in [0.717, 1.165) is 0 Å². The van der Waals surface area contributed by atoms with Gasteiger partial charge in [-0.1, -0.05) is 0 Å². The SMILES string of the molecule is CC(NCC(F)(F)F)C(=O)c1ccc2c(c1)OCO2. The number of rotatable bonds is 4. The van der Waals surface area contributed by atoms with E-state index in [2.05, 4.69) is 5.32 Å². The van der Waals surface area contributed by atoms with E-state index >= 15 is 0 Å². The van der Waals surface area contributed by atoms with E-state index < -0.39 is 24.5 Å². The molecular weight excluding hydrogens is 263 g/mol. The van der Waals surface area contributed by atoms with E-state index in [4.69, 9.17) is 9.47 Å². The molecule has 0 aliphatic carbocycles. The van der Waals surface area contributed by atoms with Crippen LogP contribution in [0.5, 0.6) is 11.5 Å². The van der Waals surface area contributed by atoms with E-state index in [1.165, 1.54) is 19.1 Å². The van der Waals surface area contributed by atoms with E-state index in [0.29, 0.717) is 11.5 Å². The average Bonchev–Trinajstić information content (AvgIpc) is 2.81. The van der Waals surface area contributed by atoms with E-state index in [-0.39, 0.29) is 12.4 Å². The molecule has 1 aliphatic rings. The zero-order valence-electron chi connectivity index (χ0n) is 10.1. The maximum absolute atomic E-state index is 12.1. The number of fused-ring (bicyclic) bond motifs is 1. The molecule has 0 radical (unpaired) electrons. The lowest BCUT2D eigenvalue weighted by atomic mass is 10.0. The van der Waals surface area contributed by atoms with Gasteiger partial charge in [0.2, 0.25) is 6.79 Å². The molecule has 0 fully saturated rings. The minimum atomic E-state index is -4.34. The van der Waals surface area contributed by atoms with Crippen LogP contribution in [-0.2, 0) is 0 Å². The van der Waals surface area contributed by atoms with Gasteiger partial charge in [0.05, 0.1) is 12.6 Å². The van der Waals surface area contributed by atoms with Crippen LogP contribution >= 0.6 is 0 Å². The highest BCUT2D eigenvalue weighted by molar-refractivity contribution is 6.00. The fourth-order valence-electron chi connectivity index (χ4n) is 1.66. The molecule has 104 valence electrons. The van der Waals surface area contributed by atoms with Gasteiger partial charge in [-0.2, -0.15) is 13.2 Å². The van der Waals surface area contributed by atoms with Crippen LogP contribution in [0.1, 0.15) is 17.3 Å². The Hall–Kier alpha value is -1.76. The Morgan fingerprint density at radius 1 is 1.37 bits per heavy atom. The number of hydrogen-bond acceptors (Lipinski definition) is 4. The van der Waals surface area contributed by atoms with Crippen molar-refractivity contribution in [2.75, 3.05) is 13.3 Å². The second kappa shape index (κ2) is 5.08. The van der Waals surface area contributed by atoms with Crippen molar-refractivity contribution in [3.63, 3.8) is 0 Å². The third-order valence-electron chi connectivity index (χ3n) is 2.66. The summed E-state index contributed by atoms with van der Waals surface area (Å²) >= 11 is 0. The fourth-order valence-corrected chi connectivity index (χ4v) is 1.66. The highest BCUT2D eigenvalue weighted by Crippen LogP contribution is 2.32. The molecular formula is C12H12F3NO3. The molecule has 0 bridgehead atoms. The third kappa shape index (κ3) is 3.37. The molecule has 0 saturated carbocycles. The van der Waals surface area contributed by atoms with Crippen LogP contribution in [0.3, 0.4) is 0 Å². The van der Waals surface area contributed by atoms with Crippen molar-refractivity contribution < 1.29 is 27.4 Å². The number of nitrogens with one attached hydrogen (secondary N) is 1. The first-order chi connectivity index (χ1) is 8.87. The van der Waals surface area contributed by atoms with Gasteiger partial charge < -0.3 is 9.47 Å². The van der Waals surface area contributed by atoms with Crippen LogP contribution in [0.25, 0.3) is 0 Å². The molecule has 1 aliphatic heterocycles. The Balaban J connectivity index is 2.03. The van der Waals surface area contributed by atoms with Gasteiger partial charge in [0.15, 0.2) is 17.3 Å². The number of ether oxygens (including phenoxy) is 2. The number of alkyl halides is 3. The van der Waals surface area contributed by atoms with Crippen molar-refractivity contribution in [2.24, 2.45) is 0 Å². The van der Waals surface area contributed by atoms with Crippen molar-refractivity contribution in [1.82, 2.24) is 5.32 Å². The van der Waals surface area contributed by atoms with Crippen LogP contribution in [-0.4, -0.2) is 31.3 Å². The molecule has 1 aromatic carbocycles. The van der Waals surface area contributed by atoms with Crippen molar-refractivity contribution in [1.29, 1.82) is 0 Å². The number of ketones is 1. The first-order valence-electron chi connectivity index (χ1n) is 5.61. The van der Waals surface area contributed by atoms with Gasteiger partial charge in [0.25, 0.3) is 0 Å². The summed E-state index contributed by atoms with van der Waals surface area (Å²) in [4.78, 5) is 11.9. The van der Waals surface area contributed by atoms with Gasteiger partial charge in [-0.05, 0) is 25.1 Å². The quantitative estimate of drug-likeness (QED) is 0.855. The molecule has 0 aromatic heterocycles. The summed E-state index contributed by atoms with van der Waals surface area (Å²) < 4.78 is 46.4. The van der Waals surface area contributed by atoms with E-state index in [1.807, 2.05) is 0 Å². The highest BCUT2D eigenvalue weighted by atomic mass is 19.4. The minimum Gasteiger partial charge on any atom is -0.454 e. The third-order valence-corrected chi connectivity index (χ3v) is 2.66. The van der Waals surface area contributed by atoms with E-state index in [1.54, 1.807) is 6.07 Å². The number of benzene rings is 1. The molecule has 4 nitrogen and oxygen atoms in total. The van der Waals surface area contributed by atoms with Crippen molar-refractivity contribution in [3.8, 4) is 11.5 Å². The smallest absolute Gasteiger partial charge is 0.401 e. The predicted molar refractivity (Wildman–Crippen MR) is 60.4 cm³/mol. The Bertz CT molecular complexity index is 488. The first kappa shape index (κ1) is 13.7. The summed E-state index contributed by atoms with van der Waals surface area (Å²) in [5, 5.41) is 2.14. The molecule has 2 rings (SSSR count).